The molecule has 0 fully saturated rings. The first-order valence-corrected chi connectivity index (χ1v) is 23.6. The van der Waals surface area contributed by atoms with Crippen LogP contribution >= 0.6 is 0 Å². The van der Waals surface area contributed by atoms with Gasteiger partial charge < -0.3 is 8.85 Å². The summed E-state index contributed by atoms with van der Waals surface area (Å²) in [5.74, 6) is 0. The molecule has 1 aromatic carbocycles. The van der Waals surface area contributed by atoms with Crippen LogP contribution in [0.4, 0.5) is 26.3 Å². The van der Waals surface area contributed by atoms with Crippen LogP contribution in [0, 0.1) is 0 Å². The molecule has 0 aliphatic heterocycles. The lowest BCUT2D eigenvalue weighted by molar-refractivity contribution is -0.200. The predicted octanol–water partition coefficient (Wildman–Crippen LogP) is 14.3. The Labute approximate surface area is 290 Å². The molecule has 0 aromatic heterocycles. The molecule has 0 unspecified atom stereocenters. The maximum Gasteiger partial charge on any atom is 0.413 e. The average Bonchev–Trinajstić information content (AvgIpc) is 2.92. The Morgan fingerprint density at radius 1 is 0.521 bits per heavy atom. The fraction of sp³-hybridized carbons (Fsp3) is 0.737. The lowest BCUT2D eigenvalue weighted by Crippen LogP contribution is -2.48. The van der Waals surface area contributed by atoms with Gasteiger partial charge in [-0.15, -0.1) is 0 Å². The molecule has 48 heavy (non-hydrogen) atoms. The van der Waals surface area contributed by atoms with Crippen LogP contribution in [0.15, 0.2) is 36.4 Å². The van der Waals surface area contributed by atoms with Crippen LogP contribution in [-0.4, -0.2) is 41.2 Å². The van der Waals surface area contributed by atoms with Gasteiger partial charge in [-0.3, -0.25) is 0 Å². The zero-order chi connectivity index (χ0) is 36.9. The lowest BCUT2D eigenvalue weighted by atomic mass is 10.1. The Kier molecular flexibility index (Phi) is 18.0. The summed E-state index contributed by atoms with van der Waals surface area (Å²) in [4.78, 5) is 0. The van der Waals surface area contributed by atoms with Crippen LogP contribution in [0.25, 0.3) is 12.2 Å². The van der Waals surface area contributed by atoms with E-state index < -0.39 is 41.2 Å². The van der Waals surface area contributed by atoms with Crippen molar-refractivity contribution in [3.05, 3.63) is 47.5 Å². The van der Waals surface area contributed by atoms with Gasteiger partial charge in [-0.25, -0.2) is 0 Å². The van der Waals surface area contributed by atoms with Gasteiger partial charge in [0.05, 0.1) is 0 Å². The van der Waals surface area contributed by atoms with Crippen molar-refractivity contribution in [3.63, 3.8) is 0 Å². The van der Waals surface area contributed by atoms with Gasteiger partial charge in [-0.1, -0.05) is 129 Å². The number of unbranched alkanes of at least 4 members (excludes halogenated alkanes) is 8. The molecule has 0 bridgehead atoms. The van der Waals surface area contributed by atoms with E-state index in [0.717, 1.165) is 62.5 Å². The standard InChI is InChI=1S/C38H64F6O2Si2/c1-35(2,3)47(7,8)45-33(37(39,40)41)25-21-17-13-11-15-19-23-31-27-29-32(30-28-31)24-20-16-12-14-18-22-26-34(38(42,43)44)46-48(9,10)36(4,5)6/h19-20,23-24,27-30,33-34H,11-18,21-22,25-26H2,1-10H3/b23-19+,24-20+/t33-,34-/m1/s1. The van der Waals surface area contributed by atoms with Gasteiger partial charge >= 0.3 is 12.4 Å². The van der Waals surface area contributed by atoms with E-state index in [9.17, 15) is 26.3 Å². The van der Waals surface area contributed by atoms with Gasteiger partial charge in [0.25, 0.3) is 0 Å². The summed E-state index contributed by atoms with van der Waals surface area (Å²) in [5, 5.41) is -0.525. The van der Waals surface area contributed by atoms with Gasteiger partial charge in [-0.05, 0) is 85.9 Å². The number of rotatable bonds is 20. The fourth-order valence-electron chi connectivity index (χ4n) is 4.69. The molecule has 2 nitrogen and oxygen atoms in total. The third-order valence-corrected chi connectivity index (χ3v) is 18.9. The summed E-state index contributed by atoms with van der Waals surface area (Å²) in [5.41, 5.74) is 2.19. The SMILES string of the molecule is CC(C)(C)[Si](C)(C)O[C@H](CCCCCC/C=C/c1ccc(/C=C/CCCCCC[C@@H](O[Si](C)(C)C(C)(C)C)C(F)(F)F)cc1)C(F)(F)F. The van der Waals surface area contributed by atoms with E-state index in [1.807, 2.05) is 67.7 Å². The van der Waals surface area contributed by atoms with E-state index in [4.69, 9.17) is 8.85 Å². The molecule has 10 heteroatoms. The van der Waals surface area contributed by atoms with Crippen LogP contribution in [0.2, 0.25) is 36.3 Å². The minimum atomic E-state index is -4.33. The second-order valence-electron chi connectivity index (χ2n) is 16.3. The summed E-state index contributed by atoms with van der Waals surface area (Å²) < 4.78 is 93.0. The fourth-order valence-corrected chi connectivity index (χ4v) is 7.32. The Balaban J connectivity index is 2.32. The molecule has 0 amide bonds. The van der Waals surface area contributed by atoms with Gasteiger partial charge in [0.2, 0.25) is 0 Å². The van der Waals surface area contributed by atoms with Crippen molar-refractivity contribution >= 4 is 28.8 Å². The molecule has 1 aromatic rings. The van der Waals surface area contributed by atoms with E-state index in [2.05, 4.69) is 48.6 Å². The normalized spacial score (nSPS) is 15.5. The molecule has 0 spiro atoms. The topological polar surface area (TPSA) is 18.5 Å². The average molecular weight is 723 g/mol. The minimum Gasteiger partial charge on any atom is -0.405 e. The molecular weight excluding hydrogens is 659 g/mol. The number of benzene rings is 1. The van der Waals surface area contributed by atoms with Gasteiger partial charge in [0.1, 0.15) is 12.2 Å². The van der Waals surface area contributed by atoms with E-state index in [-0.39, 0.29) is 22.9 Å². The second kappa shape index (κ2) is 19.3. The largest absolute Gasteiger partial charge is 0.413 e. The highest BCUT2D eigenvalue weighted by molar-refractivity contribution is 6.74. The monoisotopic (exact) mass is 722 g/mol. The highest BCUT2D eigenvalue weighted by Crippen LogP contribution is 2.42. The summed E-state index contributed by atoms with van der Waals surface area (Å²) >= 11 is 0. The number of hydrogen-bond donors (Lipinski definition) is 0. The minimum absolute atomic E-state index is 0.0199. The van der Waals surface area contributed by atoms with Crippen molar-refractivity contribution in [2.24, 2.45) is 0 Å². The molecular formula is C38H64F6O2Si2. The van der Waals surface area contributed by atoms with Crippen LogP contribution < -0.4 is 0 Å². The van der Waals surface area contributed by atoms with Gasteiger partial charge in [0, 0.05) is 0 Å². The molecule has 0 aliphatic rings. The number of allylic oxidation sites excluding steroid dienone is 2. The summed E-state index contributed by atoms with van der Waals surface area (Å²) in [6.07, 6.45) is 4.31. The van der Waals surface area contributed by atoms with E-state index in [1.165, 1.54) is 0 Å². The first kappa shape index (κ1) is 44.7. The summed E-state index contributed by atoms with van der Waals surface area (Å²) in [7, 11) is -4.99. The predicted molar refractivity (Wildman–Crippen MR) is 196 cm³/mol. The van der Waals surface area contributed by atoms with Crippen molar-refractivity contribution in [1.82, 2.24) is 0 Å². The van der Waals surface area contributed by atoms with Crippen molar-refractivity contribution in [1.29, 1.82) is 0 Å². The Morgan fingerprint density at radius 2 is 0.812 bits per heavy atom. The molecule has 0 heterocycles. The highest BCUT2D eigenvalue weighted by atomic mass is 28.4. The smallest absolute Gasteiger partial charge is 0.405 e. The third kappa shape index (κ3) is 17.0. The second-order valence-corrected chi connectivity index (χ2v) is 25.8. The van der Waals surface area contributed by atoms with Gasteiger partial charge in [0.15, 0.2) is 16.6 Å². The maximum atomic E-state index is 13.6. The molecule has 0 saturated heterocycles. The Bertz CT molecular complexity index is 1010. The molecule has 278 valence electrons. The lowest BCUT2D eigenvalue weighted by Gasteiger charge is -2.39. The van der Waals surface area contributed by atoms with Crippen LogP contribution in [-0.2, 0) is 8.85 Å². The number of alkyl halides is 6. The van der Waals surface area contributed by atoms with Crippen molar-refractivity contribution in [2.45, 2.75) is 179 Å². The number of hydrogen-bond acceptors (Lipinski definition) is 2. The highest BCUT2D eigenvalue weighted by Gasteiger charge is 2.48. The molecule has 0 radical (unpaired) electrons. The molecule has 0 aliphatic carbocycles. The third-order valence-electron chi connectivity index (χ3n) is 9.95. The quantitative estimate of drug-likeness (QED) is 0.0758. The first-order chi connectivity index (χ1) is 21.9. The van der Waals surface area contributed by atoms with Crippen molar-refractivity contribution in [3.8, 4) is 0 Å². The molecule has 0 N–H and O–H groups in total. The van der Waals surface area contributed by atoms with E-state index in [0.29, 0.717) is 12.8 Å². The Morgan fingerprint density at radius 3 is 1.08 bits per heavy atom. The van der Waals surface area contributed by atoms with Gasteiger partial charge in [-0.2, -0.15) is 26.3 Å². The zero-order valence-electron chi connectivity index (χ0n) is 31.3. The van der Waals surface area contributed by atoms with Crippen molar-refractivity contribution < 1.29 is 35.2 Å². The van der Waals surface area contributed by atoms with E-state index in [1.54, 1.807) is 0 Å². The molecule has 1 rings (SSSR count). The van der Waals surface area contributed by atoms with Crippen LogP contribution in [0.5, 0.6) is 0 Å². The molecule has 0 saturated carbocycles. The molecule has 2 atom stereocenters. The van der Waals surface area contributed by atoms with Crippen LogP contribution in [0.1, 0.15) is 130 Å². The zero-order valence-corrected chi connectivity index (χ0v) is 33.3. The van der Waals surface area contributed by atoms with Crippen molar-refractivity contribution in [2.75, 3.05) is 0 Å². The number of halogens is 6. The summed E-state index contributed by atoms with van der Waals surface area (Å²) in [6, 6.07) is 8.22. The Hall–Kier alpha value is -1.37. The maximum absolute atomic E-state index is 13.6. The summed E-state index contributed by atoms with van der Waals surface area (Å²) in [6.45, 7) is 19.2. The van der Waals surface area contributed by atoms with Crippen LogP contribution in [0.3, 0.4) is 0 Å². The van der Waals surface area contributed by atoms with E-state index >= 15 is 0 Å². The first-order valence-electron chi connectivity index (χ1n) is 17.8.